The fourth-order valence-electron chi connectivity index (χ4n) is 1.58. The highest BCUT2D eigenvalue weighted by molar-refractivity contribution is 14.1. The molecule has 22 heavy (non-hydrogen) atoms. The van der Waals surface area contributed by atoms with E-state index in [4.69, 9.17) is 11.5 Å². The molecule has 1 aromatic carbocycles. The maximum Gasteiger partial charge on any atom is 0.253 e. The predicted octanol–water partition coefficient (Wildman–Crippen LogP) is 1.48. The van der Waals surface area contributed by atoms with Crippen molar-refractivity contribution in [3.05, 3.63) is 25.4 Å². The molecule has 0 atom stereocenters. The van der Waals surface area contributed by atoms with Gasteiger partial charge in [-0.15, -0.1) is 0 Å². The first-order valence-electron chi connectivity index (χ1n) is 6.19. The molecule has 0 aromatic heterocycles. The van der Waals surface area contributed by atoms with Crippen molar-refractivity contribution in [3.8, 4) is 0 Å². The fourth-order valence-corrected chi connectivity index (χ4v) is 5.75. The molecule has 0 bridgehead atoms. The van der Waals surface area contributed by atoms with Gasteiger partial charge in [-0.3, -0.25) is 9.59 Å². The zero-order chi connectivity index (χ0) is 16.9. The van der Waals surface area contributed by atoms with Crippen molar-refractivity contribution in [1.82, 2.24) is 10.6 Å². The van der Waals surface area contributed by atoms with Crippen molar-refractivity contribution < 1.29 is 9.59 Å². The van der Waals surface area contributed by atoms with Gasteiger partial charge in [0.25, 0.3) is 11.8 Å². The molecule has 0 aliphatic rings. The van der Waals surface area contributed by atoms with Gasteiger partial charge in [0.05, 0.1) is 11.1 Å². The maximum absolute atomic E-state index is 12.3. The van der Waals surface area contributed by atoms with Crippen LogP contribution in [0.2, 0.25) is 0 Å². The quantitative estimate of drug-likeness (QED) is 0.261. The van der Waals surface area contributed by atoms with E-state index in [1.54, 1.807) is 0 Å². The van der Waals surface area contributed by atoms with E-state index in [-0.39, 0.29) is 11.8 Å². The molecule has 0 saturated heterocycles. The van der Waals surface area contributed by atoms with Gasteiger partial charge in [-0.05, 0) is 90.4 Å². The number of halogens is 4. The highest BCUT2D eigenvalue weighted by Crippen LogP contribution is 2.32. The summed E-state index contributed by atoms with van der Waals surface area (Å²) in [6.45, 7) is 1.59. The molecule has 122 valence electrons. The van der Waals surface area contributed by atoms with Crippen LogP contribution in [-0.4, -0.2) is 38.0 Å². The molecular formula is C12H14I4N4O2. The topological polar surface area (TPSA) is 110 Å². The summed E-state index contributed by atoms with van der Waals surface area (Å²) in [6.07, 6.45) is 0. The molecule has 0 saturated carbocycles. The van der Waals surface area contributed by atoms with E-state index in [0.717, 1.165) is 14.3 Å². The summed E-state index contributed by atoms with van der Waals surface area (Å²) < 4.78 is 3.04. The largest absolute Gasteiger partial charge is 0.351 e. The predicted molar refractivity (Wildman–Crippen MR) is 120 cm³/mol. The van der Waals surface area contributed by atoms with E-state index in [2.05, 4.69) is 101 Å². The summed E-state index contributed by atoms with van der Waals surface area (Å²) in [5.41, 5.74) is 12.0. The lowest BCUT2D eigenvalue weighted by atomic mass is 10.1. The van der Waals surface area contributed by atoms with Crippen LogP contribution < -0.4 is 22.1 Å². The van der Waals surface area contributed by atoms with Crippen molar-refractivity contribution in [3.63, 3.8) is 0 Å². The number of benzene rings is 1. The lowest BCUT2D eigenvalue weighted by Gasteiger charge is -2.16. The first kappa shape index (κ1) is 21.0. The minimum absolute atomic E-state index is 0.177. The number of hydrogen-bond acceptors (Lipinski definition) is 4. The Morgan fingerprint density at radius 2 is 1.00 bits per heavy atom. The Morgan fingerprint density at radius 3 is 1.23 bits per heavy atom. The van der Waals surface area contributed by atoms with Crippen LogP contribution in [0.1, 0.15) is 20.7 Å². The second-order valence-electron chi connectivity index (χ2n) is 4.10. The van der Waals surface area contributed by atoms with E-state index in [0.29, 0.717) is 37.3 Å². The monoisotopic (exact) mass is 754 g/mol. The Bertz CT molecular complexity index is 515. The van der Waals surface area contributed by atoms with Crippen molar-refractivity contribution in [1.29, 1.82) is 0 Å². The van der Waals surface area contributed by atoms with Crippen LogP contribution in [-0.2, 0) is 0 Å². The number of amides is 2. The van der Waals surface area contributed by atoms with Crippen LogP contribution in [0.15, 0.2) is 0 Å². The third kappa shape index (κ3) is 5.00. The maximum atomic E-state index is 12.3. The van der Waals surface area contributed by atoms with Gasteiger partial charge in [-0.25, -0.2) is 0 Å². The zero-order valence-corrected chi connectivity index (χ0v) is 19.9. The second kappa shape index (κ2) is 10.1. The Kier molecular flexibility index (Phi) is 9.66. The summed E-state index contributed by atoms with van der Waals surface area (Å²) in [5, 5.41) is 5.54. The molecule has 2 amide bonds. The first-order chi connectivity index (χ1) is 10.4. The molecule has 6 nitrogen and oxygen atoms in total. The summed E-state index contributed by atoms with van der Waals surface area (Å²) in [4.78, 5) is 24.6. The average molecular weight is 754 g/mol. The minimum Gasteiger partial charge on any atom is -0.351 e. The third-order valence-electron chi connectivity index (χ3n) is 2.58. The summed E-state index contributed by atoms with van der Waals surface area (Å²) in [7, 11) is 0. The molecule has 0 unspecified atom stereocenters. The van der Waals surface area contributed by atoms with Gasteiger partial charge in [0.15, 0.2) is 0 Å². The smallest absolute Gasteiger partial charge is 0.253 e. The molecule has 1 aromatic rings. The van der Waals surface area contributed by atoms with Gasteiger partial charge in [-0.2, -0.15) is 0 Å². The van der Waals surface area contributed by atoms with E-state index < -0.39 is 0 Å². The first-order valence-corrected chi connectivity index (χ1v) is 10.5. The fraction of sp³-hybridized carbons (Fsp3) is 0.333. The molecule has 1 rings (SSSR count). The van der Waals surface area contributed by atoms with Crippen LogP contribution in [0.25, 0.3) is 0 Å². The van der Waals surface area contributed by atoms with Crippen LogP contribution in [0.5, 0.6) is 0 Å². The van der Waals surface area contributed by atoms with Gasteiger partial charge in [-0.1, -0.05) is 0 Å². The molecular weight excluding hydrogens is 740 g/mol. The van der Waals surface area contributed by atoms with E-state index >= 15 is 0 Å². The number of carbonyl (C=O) groups excluding carboxylic acids is 2. The highest BCUT2D eigenvalue weighted by atomic mass is 127. The molecule has 0 spiro atoms. The highest BCUT2D eigenvalue weighted by Gasteiger charge is 2.26. The number of carbonyl (C=O) groups is 2. The lowest BCUT2D eigenvalue weighted by molar-refractivity contribution is 0.0940. The number of nitrogens with two attached hydrogens (primary N) is 2. The van der Waals surface area contributed by atoms with Crippen LogP contribution >= 0.6 is 90.4 Å². The van der Waals surface area contributed by atoms with Crippen LogP contribution in [0.3, 0.4) is 0 Å². The van der Waals surface area contributed by atoms with Gasteiger partial charge >= 0.3 is 0 Å². The van der Waals surface area contributed by atoms with E-state index in [1.807, 2.05) is 0 Å². The molecule has 10 heteroatoms. The van der Waals surface area contributed by atoms with Gasteiger partial charge in [0.2, 0.25) is 0 Å². The minimum atomic E-state index is -0.177. The normalized spacial score (nSPS) is 10.5. The van der Waals surface area contributed by atoms with E-state index in [9.17, 15) is 9.59 Å². The summed E-state index contributed by atoms with van der Waals surface area (Å²) >= 11 is 8.39. The van der Waals surface area contributed by atoms with E-state index in [1.165, 1.54) is 0 Å². The summed E-state index contributed by atoms with van der Waals surface area (Å²) in [6, 6.07) is 0. The standard InChI is InChI=1S/C12H14I4N4O2/c13-7-5(11(21)19-3-1-17)8(14)10(16)6(9(7)15)12(22)20-4-2-18/h1-4,17-18H2,(H,19,21)(H,20,22). The molecule has 0 aliphatic carbocycles. The number of hydrogen-bond donors (Lipinski definition) is 4. The van der Waals surface area contributed by atoms with Crippen molar-refractivity contribution in [2.75, 3.05) is 26.2 Å². The second-order valence-corrected chi connectivity index (χ2v) is 8.41. The van der Waals surface area contributed by atoms with Crippen molar-refractivity contribution in [2.45, 2.75) is 0 Å². The van der Waals surface area contributed by atoms with Gasteiger partial charge in [0.1, 0.15) is 0 Å². The average Bonchev–Trinajstić information content (AvgIpc) is 2.49. The Balaban J connectivity index is 3.32. The Labute approximate surface area is 183 Å². The van der Waals surface area contributed by atoms with Crippen molar-refractivity contribution in [2.24, 2.45) is 11.5 Å². The number of nitrogens with one attached hydrogen (secondary N) is 2. The number of rotatable bonds is 6. The van der Waals surface area contributed by atoms with Gasteiger partial charge < -0.3 is 22.1 Å². The summed E-state index contributed by atoms with van der Waals surface area (Å²) in [5.74, 6) is -0.354. The Morgan fingerprint density at radius 1 is 0.727 bits per heavy atom. The molecule has 6 N–H and O–H groups in total. The molecule has 0 heterocycles. The SMILES string of the molecule is NCCNC(=O)c1c(I)c(I)c(C(=O)NCCN)c(I)c1I. The molecule has 0 fully saturated rings. The molecule has 0 aliphatic heterocycles. The van der Waals surface area contributed by atoms with Crippen molar-refractivity contribution >= 4 is 102 Å². The zero-order valence-electron chi connectivity index (χ0n) is 11.3. The van der Waals surface area contributed by atoms with Crippen LogP contribution in [0, 0.1) is 14.3 Å². The lowest BCUT2D eigenvalue weighted by Crippen LogP contribution is -2.33. The van der Waals surface area contributed by atoms with Crippen LogP contribution in [0.4, 0.5) is 0 Å². The third-order valence-corrected chi connectivity index (χ3v) is 8.96. The Hall–Kier alpha value is 1.000. The molecule has 0 radical (unpaired) electrons. The van der Waals surface area contributed by atoms with Gasteiger partial charge in [0, 0.05) is 40.5 Å².